The van der Waals surface area contributed by atoms with Gasteiger partial charge in [-0.15, -0.1) is 0 Å². The van der Waals surface area contributed by atoms with Gasteiger partial charge in [0, 0.05) is 24.7 Å². The van der Waals surface area contributed by atoms with Gasteiger partial charge in [-0.3, -0.25) is 4.79 Å². The third-order valence-corrected chi connectivity index (χ3v) is 5.14. The Morgan fingerprint density at radius 1 is 1.25 bits per heavy atom. The number of aromatic nitrogens is 3. The summed E-state index contributed by atoms with van der Waals surface area (Å²) >= 11 is 0. The van der Waals surface area contributed by atoms with Crippen LogP contribution in [-0.2, 0) is 0 Å². The van der Waals surface area contributed by atoms with E-state index in [9.17, 15) is 9.90 Å². The number of hydrogen-bond acceptors (Lipinski definition) is 5. The van der Waals surface area contributed by atoms with Crippen molar-refractivity contribution in [2.24, 2.45) is 5.92 Å². The number of methoxy groups -OCH3 is 1. The Morgan fingerprint density at radius 3 is 2.71 bits per heavy atom. The van der Waals surface area contributed by atoms with E-state index in [1.807, 2.05) is 30.3 Å². The molecule has 0 spiro atoms. The van der Waals surface area contributed by atoms with E-state index in [1.165, 1.54) is 0 Å². The Bertz CT molecular complexity index is 935. The molecule has 4 rings (SSSR count). The summed E-state index contributed by atoms with van der Waals surface area (Å²) in [6, 6.07) is 12.6. The molecule has 0 aliphatic heterocycles. The summed E-state index contributed by atoms with van der Waals surface area (Å²) in [7, 11) is 1.57. The fourth-order valence-corrected chi connectivity index (χ4v) is 3.57. The van der Waals surface area contributed by atoms with Gasteiger partial charge in [-0.2, -0.15) is 5.10 Å². The minimum atomic E-state index is -0.313. The fraction of sp³-hybridized carbons (Fsp3) is 0.286. The van der Waals surface area contributed by atoms with Crippen LogP contribution in [0.1, 0.15) is 34.8 Å². The summed E-state index contributed by atoms with van der Waals surface area (Å²) in [5, 5.41) is 17.1. The number of pyridine rings is 1. The number of para-hydroxylation sites is 1. The van der Waals surface area contributed by atoms with E-state index in [-0.39, 0.29) is 24.0 Å². The zero-order valence-corrected chi connectivity index (χ0v) is 15.5. The third-order valence-electron chi connectivity index (χ3n) is 5.14. The zero-order chi connectivity index (χ0) is 19.5. The minimum absolute atomic E-state index is 0.158. The predicted molar refractivity (Wildman–Crippen MR) is 103 cm³/mol. The maximum Gasteiger partial charge on any atom is 0.253 e. The maximum atomic E-state index is 13.1. The number of carbonyl (C=O) groups is 1. The van der Waals surface area contributed by atoms with Crippen LogP contribution in [-0.4, -0.2) is 39.0 Å². The molecule has 28 heavy (non-hydrogen) atoms. The molecule has 1 aromatic carbocycles. The number of aliphatic hydroxyl groups is 1. The number of aliphatic hydroxyl groups excluding tert-OH is 1. The van der Waals surface area contributed by atoms with Gasteiger partial charge in [-0.1, -0.05) is 18.2 Å². The lowest BCUT2D eigenvalue weighted by atomic mass is 9.75. The predicted octanol–water partition coefficient (Wildman–Crippen LogP) is 2.52. The average Bonchev–Trinajstić information content (AvgIpc) is 3.25. The number of ether oxygens (including phenoxy) is 1. The highest BCUT2D eigenvalue weighted by molar-refractivity contribution is 5.98. The molecule has 7 heteroatoms. The summed E-state index contributed by atoms with van der Waals surface area (Å²) in [6.45, 7) is 0. The summed E-state index contributed by atoms with van der Waals surface area (Å²) in [5.74, 6) is 0.491. The second-order valence-corrected chi connectivity index (χ2v) is 6.94. The third kappa shape index (κ3) is 3.61. The molecule has 1 atom stereocenters. The molecule has 0 unspecified atom stereocenters. The molecule has 1 aliphatic carbocycles. The fourth-order valence-electron chi connectivity index (χ4n) is 3.57. The summed E-state index contributed by atoms with van der Waals surface area (Å²) in [4.78, 5) is 17.4. The number of hydrogen-bond donors (Lipinski definition) is 2. The second-order valence-electron chi connectivity index (χ2n) is 6.94. The first-order chi connectivity index (χ1) is 13.7. The van der Waals surface area contributed by atoms with Gasteiger partial charge in [0.15, 0.2) is 0 Å². The number of amides is 1. The summed E-state index contributed by atoms with van der Waals surface area (Å²) < 4.78 is 6.80. The lowest BCUT2D eigenvalue weighted by Gasteiger charge is -2.38. The van der Waals surface area contributed by atoms with Crippen molar-refractivity contribution < 1.29 is 14.6 Å². The SMILES string of the molecule is COc1ccc([C@@H](NC(=O)c2ccccc2-n2cccn2)C2CC(O)C2)cn1. The van der Waals surface area contributed by atoms with Crippen LogP contribution >= 0.6 is 0 Å². The number of nitrogens with zero attached hydrogens (tertiary/aromatic N) is 3. The van der Waals surface area contributed by atoms with Crippen LogP contribution in [0.3, 0.4) is 0 Å². The summed E-state index contributed by atoms with van der Waals surface area (Å²) in [5.41, 5.74) is 2.14. The number of benzene rings is 1. The van der Waals surface area contributed by atoms with Crippen molar-refractivity contribution in [3.8, 4) is 11.6 Å². The molecular weight excluding hydrogens is 356 g/mol. The molecule has 1 aliphatic rings. The van der Waals surface area contributed by atoms with Gasteiger partial charge in [0.2, 0.25) is 5.88 Å². The quantitative estimate of drug-likeness (QED) is 0.688. The van der Waals surface area contributed by atoms with Crippen molar-refractivity contribution in [1.82, 2.24) is 20.1 Å². The Balaban J connectivity index is 1.61. The van der Waals surface area contributed by atoms with E-state index >= 15 is 0 Å². The van der Waals surface area contributed by atoms with E-state index < -0.39 is 0 Å². The number of nitrogens with one attached hydrogen (secondary N) is 1. The van der Waals surface area contributed by atoms with Crippen molar-refractivity contribution in [3.63, 3.8) is 0 Å². The van der Waals surface area contributed by atoms with Crippen LogP contribution in [0.2, 0.25) is 0 Å². The molecular formula is C21H22N4O3. The normalized spacial score (nSPS) is 19.5. The monoisotopic (exact) mass is 378 g/mol. The van der Waals surface area contributed by atoms with Crippen LogP contribution in [0, 0.1) is 5.92 Å². The first-order valence-electron chi connectivity index (χ1n) is 9.23. The Labute approximate surface area is 163 Å². The van der Waals surface area contributed by atoms with Gasteiger partial charge < -0.3 is 15.2 Å². The van der Waals surface area contributed by atoms with Crippen LogP contribution < -0.4 is 10.1 Å². The van der Waals surface area contributed by atoms with E-state index in [4.69, 9.17) is 4.74 Å². The summed E-state index contributed by atoms with van der Waals surface area (Å²) in [6.07, 6.45) is 6.19. The molecule has 144 valence electrons. The van der Waals surface area contributed by atoms with Gasteiger partial charge in [0.05, 0.1) is 30.5 Å². The molecule has 1 fully saturated rings. The highest BCUT2D eigenvalue weighted by atomic mass is 16.5. The minimum Gasteiger partial charge on any atom is -0.481 e. The standard InChI is InChI=1S/C21H22N4O3/c1-28-19-8-7-14(13-22-19)20(15-11-16(26)12-15)24-21(27)17-5-2-3-6-18(17)25-10-4-9-23-25/h2-10,13,15-16,20,26H,11-12H2,1H3,(H,24,27)/t15?,16?,20-/m1/s1. The molecule has 0 bridgehead atoms. The molecule has 3 aromatic rings. The highest BCUT2D eigenvalue weighted by Gasteiger charge is 2.36. The van der Waals surface area contributed by atoms with Crippen molar-refractivity contribution in [2.45, 2.75) is 25.0 Å². The maximum absolute atomic E-state index is 13.1. The van der Waals surface area contributed by atoms with Crippen LogP contribution in [0.4, 0.5) is 0 Å². The van der Waals surface area contributed by atoms with Crippen molar-refractivity contribution in [2.75, 3.05) is 7.11 Å². The molecule has 2 heterocycles. The van der Waals surface area contributed by atoms with Gasteiger partial charge in [0.25, 0.3) is 5.91 Å². The molecule has 1 amide bonds. The smallest absolute Gasteiger partial charge is 0.253 e. The van der Waals surface area contributed by atoms with E-state index in [0.29, 0.717) is 30.0 Å². The van der Waals surface area contributed by atoms with E-state index in [2.05, 4.69) is 15.4 Å². The van der Waals surface area contributed by atoms with Crippen LogP contribution in [0.15, 0.2) is 61.1 Å². The first-order valence-corrected chi connectivity index (χ1v) is 9.23. The van der Waals surface area contributed by atoms with Crippen molar-refractivity contribution in [3.05, 3.63) is 72.2 Å². The second kappa shape index (κ2) is 7.82. The van der Waals surface area contributed by atoms with E-state index in [1.54, 1.807) is 42.5 Å². The van der Waals surface area contributed by atoms with Crippen LogP contribution in [0.5, 0.6) is 5.88 Å². The Hall–Kier alpha value is -3.19. The first kappa shape index (κ1) is 18.2. The van der Waals surface area contributed by atoms with Crippen LogP contribution in [0.25, 0.3) is 5.69 Å². The largest absolute Gasteiger partial charge is 0.481 e. The topological polar surface area (TPSA) is 89.3 Å². The zero-order valence-electron chi connectivity index (χ0n) is 15.5. The lowest BCUT2D eigenvalue weighted by molar-refractivity contribution is 0.0234. The highest BCUT2D eigenvalue weighted by Crippen LogP contribution is 2.38. The Morgan fingerprint density at radius 2 is 2.07 bits per heavy atom. The Kier molecular flexibility index (Phi) is 5.08. The van der Waals surface area contributed by atoms with E-state index in [0.717, 1.165) is 5.56 Å². The van der Waals surface area contributed by atoms with Gasteiger partial charge in [0.1, 0.15) is 0 Å². The number of rotatable bonds is 6. The van der Waals surface area contributed by atoms with Gasteiger partial charge >= 0.3 is 0 Å². The molecule has 0 radical (unpaired) electrons. The molecule has 1 saturated carbocycles. The van der Waals surface area contributed by atoms with Gasteiger partial charge in [-0.05, 0) is 42.5 Å². The lowest BCUT2D eigenvalue weighted by Crippen LogP contribution is -2.41. The molecule has 0 saturated heterocycles. The van der Waals surface area contributed by atoms with Crippen molar-refractivity contribution in [1.29, 1.82) is 0 Å². The molecule has 7 nitrogen and oxygen atoms in total. The average molecular weight is 378 g/mol. The molecule has 2 N–H and O–H groups in total. The van der Waals surface area contributed by atoms with Gasteiger partial charge in [-0.25, -0.2) is 9.67 Å². The van der Waals surface area contributed by atoms with Crippen molar-refractivity contribution >= 4 is 5.91 Å². The number of carbonyl (C=O) groups excluding carboxylic acids is 1. The molecule has 2 aromatic heterocycles.